The lowest BCUT2D eigenvalue weighted by atomic mass is 10.1. The maximum atomic E-state index is 12.9. The van der Waals surface area contributed by atoms with E-state index in [0.717, 1.165) is 12.8 Å². The van der Waals surface area contributed by atoms with Gasteiger partial charge in [0.05, 0.1) is 28.9 Å². The Morgan fingerprint density at radius 1 is 1.21 bits per heavy atom. The van der Waals surface area contributed by atoms with Crippen molar-refractivity contribution in [1.82, 2.24) is 4.98 Å². The van der Waals surface area contributed by atoms with Gasteiger partial charge in [-0.2, -0.15) is 8.78 Å². The van der Waals surface area contributed by atoms with E-state index in [9.17, 15) is 13.9 Å². The smallest absolute Gasteiger partial charge is 0.387 e. The first-order valence-electron chi connectivity index (χ1n) is 10.9. The van der Waals surface area contributed by atoms with E-state index in [1.165, 1.54) is 30.6 Å². The second-order valence-corrected chi connectivity index (χ2v) is 9.58. The molecule has 0 bridgehead atoms. The van der Waals surface area contributed by atoms with Gasteiger partial charge in [0.2, 0.25) is 0 Å². The number of benzene rings is 1. The van der Waals surface area contributed by atoms with Crippen molar-refractivity contribution in [3.63, 3.8) is 0 Å². The average Bonchev–Trinajstić information content (AvgIpc) is 3.53. The van der Waals surface area contributed by atoms with E-state index < -0.39 is 24.7 Å². The Morgan fingerprint density at radius 3 is 2.50 bits per heavy atom. The van der Waals surface area contributed by atoms with Crippen LogP contribution in [0.15, 0.2) is 30.6 Å². The molecule has 1 aromatic carbocycles. The van der Waals surface area contributed by atoms with Gasteiger partial charge < -0.3 is 29.0 Å². The number of halogens is 4. The van der Waals surface area contributed by atoms with Crippen LogP contribution in [0.2, 0.25) is 10.0 Å². The second-order valence-electron chi connectivity index (χ2n) is 8.77. The summed E-state index contributed by atoms with van der Waals surface area (Å²) in [5.41, 5.74) is 0.724. The van der Waals surface area contributed by atoms with Crippen molar-refractivity contribution in [3.8, 4) is 11.5 Å². The largest absolute Gasteiger partial charge is 0.489 e. The Balaban J connectivity index is 1.65. The minimum atomic E-state index is -3.01. The highest BCUT2D eigenvalue weighted by molar-refractivity contribution is 6.38. The molecule has 2 aromatic rings. The molecule has 0 radical (unpaired) electrons. The van der Waals surface area contributed by atoms with Gasteiger partial charge in [0.25, 0.3) is 0 Å². The van der Waals surface area contributed by atoms with Crippen LogP contribution in [0.4, 0.5) is 14.5 Å². The third kappa shape index (κ3) is 6.20. The summed E-state index contributed by atoms with van der Waals surface area (Å²) in [6, 6.07) is 4.31. The number of aromatic nitrogens is 1. The lowest BCUT2D eigenvalue weighted by Gasteiger charge is -2.33. The standard InChI is InChI=1S/C23H26Cl2F2N2O5/c1-23(2)32-12-15(34-23)10-29(20-16(24)8-28-9-17(20)25)21(30)14-5-6-18(33-22(26)27)19(7-14)31-11-13-3-4-13/h5-9,13,15,21-22,30H,3-4,10-12H2,1-2H3. The van der Waals surface area contributed by atoms with Crippen LogP contribution in [0, 0.1) is 5.92 Å². The zero-order chi connectivity index (χ0) is 24.5. The molecule has 1 aliphatic carbocycles. The third-order valence-electron chi connectivity index (χ3n) is 5.53. The van der Waals surface area contributed by atoms with Gasteiger partial charge in [0.15, 0.2) is 23.5 Å². The zero-order valence-electron chi connectivity index (χ0n) is 18.7. The number of rotatable bonds is 10. The molecule has 11 heteroatoms. The van der Waals surface area contributed by atoms with Crippen molar-refractivity contribution in [1.29, 1.82) is 0 Å². The maximum Gasteiger partial charge on any atom is 0.387 e. The van der Waals surface area contributed by atoms with E-state index in [1.807, 2.05) is 0 Å². The SMILES string of the molecule is CC1(C)OCC(CN(c2c(Cl)cncc2Cl)C(O)c2ccc(OC(F)F)c(OCC3CC3)c2)O1. The average molecular weight is 519 g/mol. The number of hydrogen-bond donors (Lipinski definition) is 1. The predicted octanol–water partition coefficient (Wildman–Crippen LogP) is 5.43. The van der Waals surface area contributed by atoms with Crippen LogP contribution in [0.1, 0.15) is 38.5 Å². The number of pyridine rings is 1. The first-order valence-corrected chi connectivity index (χ1v) is 11.7. The fraction of sp³-hybridized carbons (Fsp3) is 0.522. The second kappa shape index (κ2) is 10.4. The number of anilines is 1. The number of aliphatic hydroxyl groups excluding tert-OH is 1. The molecule has 2 aliphatic rings. The molecule has 2 atom stereocenters. The molecule has 2 heterocycles. The molecule has 2 fully saturated rings. The zero-order valence-corrected chi connectivity index (χ0v) is 20.2. The van der Waals surface area contributed by atoms with E-state index >= 15 is 0 Å². The molecule has 0 amide bonds. The molecule has 1 saturated carbocycles. The molecule has 186 valence electrons. The first-order chi connectivity index (χ1) is 16.1. The van der Waals surface area contributed by atoms with Crippen molar-refractivity contribution >= 4 is 28.9 Å². The van der Waals surface area contributed by atoms with Crippen LogP contribution in [0.25, 0.3) is 0 Å². The van der Waals surface area contributed by atoms with Gasteiger partial charge in [0, 0.05) is 24.5 Å². The molecule has 1 saturated heterocycles. The number of nitrogens with zero attached hydrogens (tertiary/aromatic N) is 2. The lowest BCUT2D eigenvalue weighted by Crippen LogP contribution is -2.38. The van der Waals surface area contributed by atoms with E-state index in [0.29, 0.717) is 30.4 Å². The topological polar surface area (TPSA) is 73.3 Å². The van der Waals surface area contributed by atoms with E-state index in [4.69, 9.17) is 37.4 Å². The Bertz CT molecular complexity index is 989. The molecule has 1 aliphatic heterocycles. The number of alkyl halides is 2. The quantitative estimate of drug-likeness (QED) is 0.420. The summed E-state index contributed by atoms with van der Waals surface area (Å²) in [6.07, 6.45) is 3.23. The van der Waals surface area contributed by atoms with Crippen LogP contribution in [0.3, 0.4) is 0 Å². The Labute approximate surface area is 206 Å². The number of aliphatic hydroxyl groups is 1. The summed E-state index contributed by atoms with van der Waals surface area (Å²) in [4.78, 5) is 5.54. The minimum Gasteiger partial charge on any atom is -0.489 e. The van der Waals surface area contributed by atoms with Crippen LogP contribution in [0.5, 0.6) is 11.5 Å². The highest BCUT2D eigenvalue weighted by Crippen LogP contribution is 2.40. The van der Waals surface area contributed by atoms with Crippen LogP contribution < -0.4 is 14.4 Å². The van der Waals surface area contributed by atoms with E-state index in [1.54, 1.807) is 18.7 Å². The van der Waals surface area contributed by atoms with Gasteiger partial charge in [-0.25, -0.2) is 0 Å². The summed E-state index contributed by atoms with van der Waals surface area (Å²) in [7, 11) is 0. The van der Waals surface area contributed by atoms with Crippen molar-refractivity contribution in [3.05, 3.63) is 46.2 Å². The van der Waals surface area contributed by atoms with Gasteiger partial charge in [-0.15, -0.1) is 0 Å². The third-order valence-corrected chi connectivity index (χ3v) is 6.08. The van der Waals surface area contributed by atoms with Gasteiger partial charge >= 0.3 is 6.61 Å². The van der Waals surface area contributed by atoms with Crippen LogP contribution in [-0.4, -0.2) is 48.4 Å². The molecular weight excluding hydrogens is 493 g/mol. The minimum absolute atomic E-state index is 0.104. The summed E-state index contributed by atoms with van der Waals surface area (Å²) >= 11 is 12.8. The summed E-state index contributed by atoms with van der Waals surface area (Å²) in [5, 5.41) is 11.9. The predicted molar refractivity (Wildman–Crippen MR) is 123 cm³/mol. The summed E-state index contributed by atoms with van der Waals surface area (Å²) < 4.78 is 47.7. The molecule has 34 heavy (non-hydrogen) atoms. The molecule has 1 aromatic heterocycles. The molecular formula is C23H26Cl2F2N2O5. The van der Waals surface area contributed by atoms with Crippen molar-refractivity contribution < 1.29 is 32.8 Å². The van der Waals surface area contributed by atoms with Crippen molar-refractivity contribution in [2.24, 2.45) is 5.92 Å². The van der Waals surface area contributed by atoms with Gasteiger partial charge in [-0.05, 0) is 44.7 Å². The first kappa shape index (κ1) is 25.2. The fourth-order valence-corrected chi connectivity index (χ4v) is 4.31. The monoisotopic (exact) mass is 518 g/mol. The normalized spacial score (nSPS) is 20.4. The number of ether oxygens (including phenoxy) is 4. The summed E-state index contributed by atoms with van der Waals surface area (Å²) in [6.45, 7) is 1.45. The van der Waals surface area contributed by atoms with Gasteiger partial charge in [-0.1, -0.05) is 29.3 Å². The fourth-order valence-electron chi connectivity index (χ4n) is 3.73. The van der Waals surface area contributed by atoms with Gasteiger partial charge in [-0.3, -0.25) is 4.98 Å². The van der Waals surface area contributed by atoms with Crippen molar-refractivity contribution in [2.45, 2.75) is 51.4 Å². The molecule has 7 nitrogen and oxygen atoms in total. The molecule has 1 N–H and O–H groups in total. The Hall–Kier alpha value is -1.91. The number of hydrogen-bond acceptors (Lipinski definition) is 7. The van der Waals surface area contributed by atoms with Crippen LogP contribution in [-0.2, 0) is 9.47 Å². The maximum absolute atomic E-state index is 12.9. The van der Waals surface area contributed by atoms with Crippen molar-refractivity contribution in [2.75, 3.05) is 24.7 Å². The summed E-state index contributed by atoms with van der Waals surface area (Å²) in [5.74, 6) is -0.364. The molecule has 0 spiro atoms. The van der Waals surface area contributed by atoms with E-state index in [2.05, 4.69) is 9.72 Å². The van der Waals surface area contributed by atoms with Crippen LogP contribution >= 0.6 is 23.2 Å². The Morgan fingerprint density at radius 2 is 1.91 bits per heavy atom. The van der Waals surface area contributed by atoms with Gasteiger partial charge in [0.1, 0.15) is 6.10 Å². The Kier molecular flexibility index (Phi) is 7.69. The molecule has 4 rings (SSSR count). The highest BCUT2D eigenvalue weighted by Gasteiger charge is 2.36. The highest BCUT2D eigenvalue weighted by atomic mass is 35.5. The lowest BCUT2D eigenvalue weighted by molar-refractivity contribution is -0.137. The van der Waals surface area contributed by atoms with E-state index in [-0.39, 0.29) is 28.1 Å². The molecule has 2 unspecified atom stereocenters.